The number of rotatable bonds is 2. The molecule has 2 aromatic rings. The lowest BCUT2D eigenvalue weighted by Gasteiger charge is -2.28. The minimum atomic E-state index is -0.0950. The van der Waals surface area contributed by atoms with Crippen LogP contribution in [-0.2, 0) is 7.05 Å². The van der Waals surface area contributed by atoms with Crippen LogP contribution in [0.1, 0.15) is 30.0 Å². The molecule has 0 saturated carbocycles. The largest absolute Gasteiger partial charge is 0.362 e. The molecule has 4 nitrogen and oxygen atoms in total. The molecule has 1 aliphatic heterocycles. The highest BCUT2D eigenvalue weighted by molar-refractivity contribution is 9.10. The van der Waals surface area contributed by atoms with Crippen molar-refractivity contribution >= 4 is 21.6 Å². The lowest BCUT2D eigenvalue weighted by atomic mass is 10.0. The van der Waals surface area contributed by atoms with Crippen LogP contribution in [0.25, 0.3) is 0 Å². The van der Waals surface area contributed by atoms with E-state index in [4.69, 9.17) is 0 Å². The van der Waals surface area contributed by atoms with Gasteiger partial charge in [-0.25, -0.2) is 4.68 Å². The van der Waals surface area contributed by atoms with Gasteiger partial charge in [0.15, 0.2) is 0 Å². The van der Waals surface area contributed by atoms with Gasteiger partial charge in [0.05, 0.1) is 17.9 Å². The van der Waals surface area contributed by atoms with Crippen LogP contribution in [0.4, 0.5) is 5.69 Å². The standard InChI is InChI=1S/C16H18BrN3O/c1-11-5-3-6-12(9-11)13-7-4-8-20(13)14-10-18-19(2)16(21)15(14)17/h3,5-6,9-10,13H,4,7-8H2,1-2H3. The second-order valence-corrected chi connectivity index (χ2v) is 6.33. The number of anilines is 1. The summed E-state index contributed by atoms with van der Waals surface area (Å²) >= 11 is 3.44. The molecule has 0 radical (unpaired) electrons. The van der Waals surface area contributed by atoms with E-state index in [0.717, 1.165) is 25.1 Å². The average molecular weight is 348 g/mol. The molecule has 0 N–H and O–H groups in total. The first-order valence-corrected chi connectivity index (χ1v) is 7.92. The molecule has 1 aromatic heterocycles. The van der Waals surface area contributed by atoms with Crippen molar-refractivity contribution in [2.75, 3.05) is 11.4 Å². The molecule has 1 aliphatic rings. The second-order valence-electron chi connectivity index (χ2n) is 5.54. The molecular weight excluding hydrogens is 330 g/mol. The highest BCUT2D eigenvalue weighted by Crippen LogP contribution is 2.38. The maximum Gasteiger partial charge on any atom is 0.282 e. The molecule has 21 heavy (non-hydrogen) atoms. The Hall–Kier alpha value is -1.62. The average Bonchev–Trinajstić information content (AvgIpc) is 2.94. The van der Waals surface area contributed by atoms with Crippen molar-refractivity contribution in [2.24, 2.45) is 7.05 Å². The maximum atomic E-state index is 12.1. The van der Waals surface area contributed by atoms with Crippen molar-refractivity contribution in [3.05, 3.63) is 56.4 Å². The third-order valence-corrected chi connectivity index (χ3v) is 4.79. The van der Waals surface area contributed by atoms with Gasteiger partial charge in [0.2, 0.25) is 0 Å². The van der Waals surface area contributed by atoms with Crippen LogP contribution in [0.15, 0.2) is 39.7 Å². The zero-order valence-corrected chi connectivity index (χ0v) is 13.8. The molecule has 0 amide bonds. The first kappa shape index (κ1) is 14.3. The van der Waals surface area contributed by atoms with Crippen LogP contribution in [0.5, 0.6) is 0 Å². The van der Waals surface area contributed by atoms with Gasteiger partial charge >= 0.3 is 0 Å². The molecule has 1 fully saturated rings. The topological polar surface area (TPSA) is 38.1 Å². The predicted molar refractivity (Wildman–Crippen MR) is 87.7 cm³/mol. The number of aromatic nitrogens is 2. The van der Waals surface area contributed by atoms with Crippen molar-refractivity contribution in [1.29, 1.82) is 0 Å². The summed E-state index contributed by atoms with van der Waals surface area (Å²) in [7, 11) is 1.67. The molecule has 0 spiro atoms. The first-order chi connectivity index (χ1) is 10.1. The molecular formula is C16H18BrN3O. The van der Waals surface area contributed by atoms with Crippen LogP contribution < -0.4 is 10.5 Å². The number of halogens is 1. The Morgan fingerprint density at radius 3 is 2.95 bits per heavy atom. The molecule has 0 bridgehead atoms. The highest BCUT2D eigenvalue weighted by atomic mass is 79.9. The highest BCUT2D eigenvalue weighted by Gasteiger charge is 2.28. The predicted octanol–water partition coefficient (Wildman–Crippen LogP) is 3.19. The Morgan fingerprint density at radius 2 is 2.19 bits per heavy atom. The van der Waals surface area contributed by atoms with Gasteiger partial charge < -0.3 is 4.90 Å². The van der Waals surface area contributed by atoms with Crippen molar-refractivity contribution < 1.29 is 0 Å². The first-order valence-electron chi connectivity index (χ1n) is 7.13. The molecule has 3 rings (SSSR count). The molecule has 2 heterocycles. The van der Waals surface area contributed by atoms with Crippen LogP contribution in [0.3, 0.4) is 0 Å². The summed E-state index contributed by atoms with van der Waals surface area (Å²) in [5.74, 6) is 0. The van der Waals surface area contributed by atoms with Crippen molar-refractivity contribution in [1.82, 2.24) is 9.78 Å². The van der Waals surface area contributed by atoms with Crippen LogP contribution in [0, 0.1) is 6.92 Å². The van der Waals surface area contributed by atoms with Gasteiger partial charge in [-0.3, -0.25) is 4.79 Å². The van der Waals surface area contributed by atoms with E-state index in [1.54, 1.807) is 13.2 Å². The molecule has 110 valence electrons. The van der Waals surface area contributed by atoms with E-state index >= 15 is 0 Å². The smallest absolute Gasteiger partial charge is 0.282 e. The number of aryl methyl sites for hydroxylation is 2. The molecule has 1 unspecified atom stereocenters. The van der Waals surface area contributed by atoms with Crippen LogP contribution in [0.2, 0.25) is 0 Å². The summed E-state index contributed by atoms with van der Waals surface area (Å²) in [4.78, 5) is 14.4. The van der Waals surface area contributed by atoms with Gasteiger partial charge in [-0.1, -0.05) is 29.8 Å². The SMILES string of the molecule is Cc1cccc(C2CCCN2c2cnn(C)c(=O)c2Br)c1. The van der Waals surface area contributed by atoms with Crippen LogP contribution in [-0.4, -0.2) is 16.3 Å². The van der Waals surface area contributed by atoms with E-state index in [0.29, 0.717) is 10.5 Å². The lowest BCUT2D eigenvalue weighted by molar-refractivity contribution is 0.680. The zero-order chi connectivity index (χ0) is 15.0. The summed E-state index contributed by atoms with van der Waals surface area (Å²) in [6.45, 7) is 3.06. The minimum Gasteiger partial charge on any atom is -0.362 e. The van der Waals surface area contributed by atoms with Gasteiger partial charge in [-0.15, -0.1) is 0 Å². The lowest BCUT2D eigenvalue weighted by Crippen LogP contribution is -2.28. The Balaban J connectivity index is 2.02. The fourth-order valence-electron chi connectivity index (χ4n) is 2.98. The fourth-order valence-corrected chi connectivity index (χ4v) is 3.57. The molecule has 1 saturated heterocycles. The summed E-state index contributed by atoms with van der Waals surface area (Å²) in [5, 5.41) is 4.16. The molecule has 1 aromatic carbocycles. The third-order valence-electron chi connectivity index (χ3n) is 4.05. The van der Waals surface area contributed by atoms with E-state index in [9.17, 15) is 4.79 Å². The normalized spacial score (nSPS) is 18.2. The van der Waals surface area contributed by atoms with E-state index in [2.05, 4.69) is 57.1 Å². The van der Waals surface area contributed by atoms with Crippen molar-refractivity contribution in [2.45, 2.75) is 25.8 Å². The summed E-state index contributed by atoms with van der Waals surface area (Å²) in [5.41, 5.74) is 3.37. The van der Waals surface area contributed by atoms with E-state index in [1.807, 2.05) is 0 Å². The monoisotopic (exact) mass is 347 g/mol. The number of hydrogen-bond acceptors (Lipinski definition) is 3. The zero-order valence-electron chi connectivity index (χ0n) is 12.2. The Labute approximate surface area is 132 Å². The second kappa shape index (κ2) is 5.64. The third kappa shape index (κ3) is 2.62. The summed E-state index contributed by atoms with van der Waals surface area (Å²) in [6.07, 6.45) is 4.00. The Morgan fingerprint density at radius 1 is 1.38 bits per heavy atom. The summed E-state index contributed by atoms with van der Waals surface area (Å²) in [6, 6.07) is 8.91. The van der Waals surface area contributed by atoms with E-state index in [1.165, 1.54) is 15.8 Å². The van der Waals surface area contributed by atoms with Gasteiger partial charge in [-0.05, 0) is 41.3 Å². The quantitative estimate of drug-likeness (QED) is 0.837. The van der Waals surface area contributed by atoms with E-state index in [-0.39, 0.29) is 5.56 Å². The molecule has 0 aliphatic carbocycles. The Kier molecular flexibility index (Phi) is 3.85. The fraction of sp³-hybridized carbons (Fsp3) is 0.375. The van der Waals surface area contributed by atoms with Crippen molar-refractivity contribution in [3.63, 3.8) is 0 Å². The number of nitrogens with zero attached hydrogens (tertiary/aromatic N) is 3. The molecule has 5 heteroatoms. The van der Waals surface area contributed by atoms with Crippen molar-refractivity contribution in [3.8, 4) is 0 Å². The minimum absolute atomic E-state index is 0.0950. The van der Waals surface area contributed by atoms with Gasteiger partial charge in [0.1, 0.15) is 4.47 Å². The maximum absolute atomic E-state index is 12.1. The summed E-state index contributed by atoms with van der Waals surface area (Å²) < 4.78 is 1.95. The number of hydrogen-bond donors (Lipinski definition) is 0. The molecule has 1 atom stereocenters. The van der Waals surface area contributed by atoms with E-state index < -0.39 is 0 Å². The van der Waals surface area contributed by atoms with Crippen LogP contribution >= 0.6 is 15.9 Å². The van der Waals surface area contributed by atoms with Gasteiger partial charge in [0.25, 0.3) is 5.56 Å². The number of benzene rings is 1. The Bertz CT molecular complexity index is 726. The van der Waals surface area contributed by atoms with Gasteiger partial charge in [-0.2, -0.15) is 5.10 Å². The van der Waals surface area contributed by atoms with Gasteiger partial charge in [0, 0.05) is 13.6 Å².